The molecule has 30 heavy (non-hydrogen) atoms. The van der Waals surface area contributed by atoms with Gasteiger partial charge in [0.1, 0.15) is 17.3 Å². The Bertz CT molecular complexity index is 880. The van der Waals surface area contributed by atoms with Gasteiger partial charge in [0.25, 0.3) is 0 Å². The van der Waals surface area contributed by atoms with Gasteiger partial charge in [0.05, 0.1) is 27.2 Å². The topological polar surface area (TPSA) is 71.1 Å². The number of piperazine rings is 1. The number of carbonyl (C=O) groups is 2. The maximum Gasteiger partial charge on any atom is 0.238 e. The Morgan fingerprint density at radius 2 is 1.70 bits per heavy atom. The van der Waals surface area contributed by atoms with E-state index < -0.39 is 0 Å². The van der Waals surface area contributed by atoms with Crippen LogP contribution in [0.1, 0.15) is 5.56 Å². The number of hydrogen-bond donors (Lipinski definition) is 1. The van der Waals surface area contributed by atoms with Crippen molar-refractivity contribution < 1.29 is 23.5 Å². The minimum atomic E-state index is -0.346. The molecule has 0 bridgehead atoms. The van der Waals surface area contributed by atoms with Crippen molar-refractivity contribution in [3.05, 3.63) is 53.8 Å². The minimum Gasteiger partial charge on any atom is -0.497 e. The van der Waals surface area contributed by atoms with Crippen LogP contribution in [0.5, 0.6) is 11.5 Å². The van der Waals surface area contributed by atoms with Crippen LogP contribution in [0, 0.1) is 5.82 Å². The number of rotatable bonds is 7. The van der Waals surface area contributed by atoms with Crippen molar-refractivity contribution in [3.63, 3.8) is 0 Å². The second-order valence-electron chi connectivity index (χ2n) is 7.07. The number of nitrogens with one attached hydrogen (secondary N) is 1. The highest BCUT2D eigenvalue weighted by atomic mass is 19.1. The van der Waals surface area contributed by atoms with Crippen LogP contribution in [0.4, 0.5) is 10.1 Å². The fourth-order valence-electron chi connectivity index (χ4n) is 3.36. The smallest absolute Gasteiger partial charge is 0.238 e. The molecule has 0 radical (unpaired) electrons. The molecule has 0 unspecified atom stereocenters. The number of methoxy groups -OCH3 is 2. The molecule has 2 amide bonds. The molecule has 8 heteroatoms. The standard InChI is InChI=1S/C22H26FN3O4/c1-29-19-8-3-16(20(14-19)30-2)13-22(28)26-11-9-25(10-12-26)15-21(27)24-18-6-4-17(23)5-7-18/h3-8,14H,9-13,15H2,1-2H3,(H,24,27). The van der Waals surface area contributed by atoms with E-state index in [0.29, 0.717) is 43.4 Å². The summed E-state index contributed by atoms with van der Waals surface area (Å²) in [5, 5.41) is 2.75. The van der Waals surface area contributed by atoms with Crippen LogP contribution in [0.25, 0.3) is 0 Å². The van der Waals surface area contributed by atoms with Crippen LogP contribution in [-0.2, 0) is 16.0 Å². The first-order valence-electron chi connectivity index (χ1n) is 9.75. The average Bonchev–Trinajstić information content (AvgIpc) is 2.76. The first kappa shape index (κ1) is 21.6. The highest BCUT2D eigenvalue weighted by Crippen LogP contribution is 2.25. The Hall–Kier alpha value is -3.13. The molecule has 3 rings (SSSR count). The van der Waals surface area contributed by atoms with Crippen LogP contribution in [0.2, 0.25) is 0 Å². The fraction of sp³-hybridized carbons (Fsp3) is 0.364. The number of ether oxygens (including phenoxy) is 2. The van der Waals surface area contributed by atoms with Gasteiger partial charge in [-0.1, -0.05) is 6.07 Å². The molecule has 2 aromatic rings. The van der Waals surface area contributed by atoms with Gasteiger partial charge in [-0.15, -0.1) is 0 Å². The first-order valence-corrected chi connectivity index (χ1v) is 9.75. The third-order valence-electron chi connectivity index (χ3n) is 5.06. The molecule has 7 nitrogen and oxygen atoms in total. The largest absolute Gasteiger partial charge is 0.497 e. The fourth-order valence-corrected chi connectivity index (χ4v) is 3.36. The summed E-state index contributed by atoms with van der Waals surface area (Å²) in [5.74, 6) is 0.814. The molecule has 160 valence electrons. The molecule has 1 fully saturated rings. The van der Waals surface area contributed by atoms with Crippen LogP contribution in [0.3, 0.4) is 0 Å². The van der Waals surface area contributed by atoms with E-state index in [-0.39, 0.29) is 30.6 Å². The summed E-state index contributed by atoms with van der Waals surface area (Å²) in [6.07, 6.45) is 0.248. The summed E-state index contributed by atoms with van der Waals surface area (Å²) in [7, 11) is 3.15. The molecule has 0 spiro atoms. The Labute approximate surface area is 175 Å². The zero-order valence-corrected chi connectivity index (χ0v) is 17.2. The van der Waals surface area contributed by atoms with Crippen LogP contribution in [-0.4, -0.2) is 68.6 Å². The van der Waals surface area contributed by atoms with Crippen molar-refractivity contribution in [3.8, 4) is 11.5 Å². The third-order valence-corrected chi connectivity index (χ3v) is 5.06. The van der Waals surface area contributed by atoms with E-state index in [1.165, 1.54) is 24.3 Å². The number of anilines is 1. The first-order chi connectivity index (χ1) is 14.5. The molecule has 1 heterocycles. The Kier molecular flexibility index (Phi) is 7.24. The molecule has 1 aliphatic rings. The van der Waals surface area contributed by atoms with E-state index in [9.17, 15) is 14.0 Å². The molecule has 0 aliphatic carbocycles. The number of carbonyl (C=O) groups excluding carboxylic acids is 2. The summed E-state index contributed by atoms with van der Waals surface area (Å²) in [5.41, 5.74) is 1.37. The van der Waals surface area contributed by atoms with Gasteiger partial charge in [-0.3, -0.25) is 14.5 Å². The number of halogens is 1. The van der Waals surface area contributed by atoms with E-state index in [0.717, 1.165) is 5.56 Å². The van der Waals surface area contributed by atoms with Crippen molar-refractivity contribution in [2.24, 2.45) is 0 Å². The zero-order valence-electron chi connectivity index (χ0n) is 17.2. The van der Waals surface area contributed by atoms with Gasteiger partial charge in [-0.25, -0.2) is 4.39 Å². The molecule has 1 N–H and O–H groups in total. The van der Waals surface area contributed by atoms with E-state index in [1.54, 1.807) is 25.2 Å². The van der Waals surface area contributed by atoms with Gasteiger partial charge in [0, 0.05) is 43.5 Å². The van der Waals surface area contributed by atoms with E-state index >= 15 is 0 Å². The molecule has 0 atom stereocenters. The van der Waals surface area contributed by atoms with Gasteiger partial charge < -0.3 is 19.7 Å². The molecule has 0 saturated carbocycles. The average molecular weight is 415 g/mol. The lowest BCUT2D eigenvalue weighted by molar-refractivity contribution is -0.132. The quantitative estimate of drug-likeness (QED) is 0.751. The third kappa shape index (κ3) is 5.70. The van der Waals surface area contributed by atoms with E-state index in [4.69, 9.17) is 9.47 Å². The number of amides is 2. The number of nitrogens with zero attached hydrogens (tertiary/aromatic N) is 2. The summed E-state index contributed by atoms with van der Waals surface area (Å²) in [4.78, 5) is 28.7. The lowest BCUT2D eigenvalue weighted by atomic mass is 10.1. The lowest BCUT2D eigenvalue weighted by Gasteiger charge is -2.34. The number of benzene rings is 2. The van der Waals surface area contributed by atoms with Gasteiger partial charge in [-0.2, -0.15) is 0 Å². The van der Waals surface area contributed by atoms with Crippen molar-refractivity contribution in [2.75, 3.05) is 52.3 Å². The number of hydrogen-bond acceptors (Lipinski definition) is 5. The summed E-state index contributed by atoms with van der Waals surface area (Å²) in [6.45, 7) is 2.57. The van der Waals surface area contributed by atoms with Crippen molar-refractivity contribution in [1.82, 2.24) is 9.80 Å². The molecule has 2 aromatic carbocycles. The molecular formula is C22H26FN3O4. The van der Waals surface area contributed by atoms with Crippen LogP contribution in [0.15, 0.2) is 42.5 Å². The van der Waals surface area contributed by atoms with Gasteiger partial charge in [0.2, 0.25) is 11.8 Å². The normalized spacial score (nSPS) is 14.3. The maximum absolute atomic E-state index is 12.9. The molecule has 1 aliphatic heterocycles. The van der Waals surface area contributed by atoms with Gasteiger partial charge in [-0.05, 0) is 30.3 Å². The lowest BCUT2D eigenvalue weighted by Crippen LogP contribution is -2.50. The Morgan fingerprint density at radius 3 is 2.33 bits per heavy atom. The van der Waals surface area contributed by atoms with Gasteiger partial charge >= 0.3 is 0 Å². The van der Waals surface area contributed by atoms with Crippen LogP contribution >= 0.6 is 0 Å². The van der Waals surface area contributed by atoms with Crippen molar-refractivity contribution in [1.29, 1.82) is 0 Å². The molecule has 0 aromatic heterocycles. The highest BCUT2D eigenvalue weighted by Gasteiger charge is 2.23. The Morgan fingerprint density at radius 1 is 1.00 bits per heavy atom. The van der Waals surface area contributed by atoms with Gasteiger partial charge in [0.15, 0.2) is 0 Å². The zero-order chi connectivity index (χ0) is 21.5. The van der Waals surface area contributed by atoms with Crippen molar-refractivity contribution >= 4 is 17.5 Å². The summed E-state index contributed by atoms with van der Waals surface area (Å²) < 4.78 is 23.5. The Balaban J connectivity index is 1.47. The summed E-state index contributed by atoms with van der Waals surface area (Å²) in [6, 6.07) is 11.1. The van der Waals surface area contributed by atoms with Crippen LogP contribution < -0.4 is 14.8 Å². The SMILES string of the molecule is COc1ccc(CC(=O)N2CCN(CC(=O)Nc3ccc(F)cc3)CC2)c(OC)c1. The summed E-state index contributed by atoms with van der Waals surface area (Å²) >= 11 is 0. The predicted molar refractivity (Wildman–Crippen MR) is 111 cm³/mol. The van der Waals surface area contributed by atoms with E-state index in [2.05, 4.69) is 5.32 Å². The second kappa shape index (κ2) is 10.1. The second-order valence-corrected chi connectivity index (χ2v) is 7.07. The highest BCUT2D eigenvalue weighted by molar-refractivity contribution is 5.92. The molecule has 1 saturated heterocycles. The monoisotopic (exact) mass is 415 g/mol. The van der Waals surface area contributed by atoms with E-state index in [1.807, 2.05) is 17.0 Å². The maximum atomic E-state index is 12.9. The predicted octanol–water partition coefficient (Wildman–Crippen LogP) is 2.17. The minimum absolute atomic E-state index is 0.0221. The van der Waals surface area contributed by atoms with Crippen molar-refractivity contribution in [2.45, 2.75) is 6.42 Å². The molecular weight excluding hydrogens is 389 g/mol.